The van der Waals surface area contributed by atoms with Crippen LogP contribution in [0.25, 0.3) is 0 Å². The number of ketones is 1. The van der Waals surface area contributed by atoms with Gasteiger partial charge < -0.3 is 0 Å². The van der Waals surface area contributed by atoms with Gasteiger partial charge in [0.1, 0.15) is 0 Å². The zero-order chi connectivity index (χ0) is 7.56. The summed E-state index contributed by atoms with van der Waals surface area (Å²) in [6, 6.07) is 0. The third-order valence-corrected chi connectivity index (χ3v) is 2.11. The minimum atomic E-state index is 0.289. The number of hydrogen-bond acceptors (Lipinski definition) is 1. The lowest BCUT2D eigenvalue weighted by Crippen LogP contribution is -2.12. The molecule has 0 amide bonds. The first-order chi connectivity index (χ1) is 4.70. The molecule has 0 saturated heterocycles. The van der Waals surface area contributed by atoms with Crippen LogP contribution in [0.2, 0.25) is 0 Å². The second-order valence-electron chi connectivity index (χ2n) is 3.27. The van der Waals surface area contributed by atoms with Crippen LogP contribution >= 0.6 is 0 Å². The summed E-state index contributed by atoms with van der Waals surface area (Å²) in [5.41, 5.74) is 0. The molecule has 1 atom stereocenters. The van der Waals surface area contributed by atoms with Gasteiger partial charge >= 0.3 is 0 Å². The molecule has 1 nitrogen and oxygen atoms in total. The Morgan fingerprint density at radius 1 is 1.60 bits per heavy atom. The van der Waals surface area contributed by atoms with E-state index in [0.29, 0.717) is 11.8 Å². The Bertz CT molecular complexity index is 156. The van der Waals surface area contributed by atoms with Gasteiger partial charge in [0, 0.05) is 6.42 Å². The van der Waals surface area contributed by atoms with E-state index >= 15 is 0 Å². The van der Waals surface area contributed by atoms with E-state index in [9.17, 15) is 4.79 Å². The highest BCUT2D eigenvalue weighted by Crippen LogP contribution is 2.22. The Morgan fingerprint density at radius 2 is 2.30 bits per heavy atom. The van der Waals surface area contributed by atoms with Crippen molar-refractivity contribution in [3.8, 4) is 0 Å². The molecule has 0 aromatic heterocycles. The summed E-state index contributed by atoms with van der Waals surface area (Å²) in [5, 5.41) is 0. The fourth-order valence-corrected chi connectivity index (χ4v) is 1.27. The molecular weight excluding hydrogens is 124 g/mol. The first-order valence-corrected chi connectivity index (χ1v) is 3.91. The van der Waals surface area contributed by atoms with Gasteiger partial charge in [0.05, 0.1) is 0 Å². The maximum absolute atomic E-state index is 10.7. The predicted molar refractivity (Wildman–Crippen MR) is 41.7 cm³/mol. The van der Waals surface area contributed by atoms with Gasteiger partial charge in [-0.15, -0.1) is 0 Å². The zero-order valence-corrected chi connectivity index (χ0v) is 6.63. The monoisotopic (exact) mass is 138 g/mol. The van der Waals surface area contributed by atoms with Gasteiger partial charge in [-0.25, -0.2) is 0 Å². The van der Waals surface area contributed by atoms with Gasteiger partial charge in [-0.3, -0.25) is 4.79 Å². The molecule has 1 aliphatic carbocycles. The molecule has 0 aromatic rings. The van der Waals surface area contributed by atoms with Gasteiger partial charge in [0.2, 0.25) is 0 Å². The summed E-state index contributed by atoms with van der Waals surface area (Å²) >= 11 is 0. The molecule has 0 radical (unpaired) electrons. The lowest BCUT2D eigenvalue weighted by Gasteiger charge is -2.18. The second kappa shape index (κ2) is 3.00. The van der Waals surface area contributed by atoms with Crippen LogP contribution in [0.4, 0.5) is 0 Å². The van der Waals surface area contributed by atoms with E-state index in [0.717, 1.165) is 12.8 Å². The van der Waals surface area contributed by atoms with Crippen molar-refractivity contribution in [1.29, 1.82) is 0 Å². The van der Waals surface area contributed by atoms with Crippen molar-refractivity contribution in [3.05, 3.63) is 12.2 Å². The van der Waals surface area contributed by atoms with Crippen LogP contribution in [0.5, 0.6) is 0 Å². The molecule has 0 unspecified atom stereocenters. The van der Waals surface area contributed by atoms with Gasteiger partial charge in [0.25, 0.3) is 0 Å². The van der Waals surface area contributed by atoms with Crippen LogP contribution < -0.4 is 0 Å². The minimum absolute atomic E-state index is 0.289. The van der Waals surface area contributed by atoms with Crippen LogP contribution in [0.1, 0.15) is 26.7 Å². The van der Waals surface area contributed by atoms with Crippen LogP contribution in [-0.4, -0.2) is 5.78 Å². The average molecular weight is 138 g/mol. The Balaban J connectivity index is 2.53. The Labute approximate surface area is 62.1 Å². The highest BCUT2D eigenvalue weighted by Gasteiger charge is 2.15. The molecule has 1 heteroatoms. The highest BCUT2D eigenvalue weighted by molar-refractivity contribution is 5.90. The summed E-state index contributed by atoms with van der Waals surface area (Å²) < 4.78 is 0. The standard InChI is InChI=1S/C9H14O/c1-7(2)8-3-5-9(10)6-4-8/h3,5,7-8H,4,6H2,1-2H3/t8-/m1/s1. The van der Waals surface area contributed by atoms with E-state index in [1.165, 1.54) is 0 Å². The van der Waals surface area contributed by atoms with Crippen molar-refractivity contribution in [2.75, 3.05) is 0 Å². The lowest BCUT2D eigenvalue weighted by atomic mass is 9.86. The largest absolute Gasteiger partial charge is 0.295 e. The molecule has 0 N–H and O–H groups in total. The van der Waals surface area contributed by atoms with E-state index in [-0.39, 0.29) is 5.78 Å². The molecule has 10 heavy (non-hydrogen) atoms. The smallest absolute Gasteiger partial charge is 0.155 e. The maximum Gasteiger partial charge on any atom is 0.155 e. The number of allylic oxidation sites excluding steroid dienone is 2. The van der Waals surface area contributed by atoms with Crippen LogP contribution in [0, 0.1) is 11.8 Å². The minimum Gasteiger partial charge on any atom is -0.295 e. The fourth-order valence-electron chi connectivity index (χ4n) is 1.27. The van der Waals surface area contributed by atoms with E-state index in [4.69, 9.17) is 0 Å². The van der Waals surface area contributed by atoms with Crippen molar-refractivity contribution < 1.29 is 4.79 Å². The summed E-state index contributed by atoms with van der Waals surface area (Å²) in [6.07, 6.45) is 5.58. The summed E-state index contributed by atoms with van der Waals surface area (Å²) in [4.78, 5) is 10.7. The van der Waals surface area contributed by atoms with Crippen molar-refractivity contribution in [3.63, 3.8) is 0 Å². The third-order valence-electron chi connectivity index (χ3n) is 2.11. The van der Waals surface area contributed by atoms with Crippen molar-refractivity contribution in [1.82, 2.24) is 0 Å². The quantitative estimate of drug-likeness (QED) is 0.542. The molecule has 0 aromatic carbocycles. The lowest BCUT2D eigenvalue weighted by molar-refractivity contribution is -0.115. The molecule has 56 valence electrons. The molecule has 0 heterocycles. The van der Waals surface area contributed by atoms with E-state index in [1.54, 1.807) is 6.08 Å². The molecule has 0 spiro atoms. The van der Waals surface area contributed by atoms with E-state index in [2.05, 4.69) is 19.9 Å². The molecule has 1 rings (SSSR count). The van der Waals surface area contributed by atoms with Crippen molar-refractivity contribution >= 4 is 5.78 Å². The third kappa shape index (κ3) is 1.69. The number of carbonyl (C=O) groups is 1. The Morgan fingerprint density at radius 3 is 2.70 bits per heavy atom. The van der Waals surface area contributed by atoms with Gasteiger partial charge in [-0.1, -0.05) is 19.9 Å². The molecule has 1 aliphatic rings. The van der Waals surface area contributed by atoms with E-state index in [1.807, 2.05) is 0 Å². The van der Waals surface area contributed by atoms with Gasteiger partial charge in [-0.2, -0.15) is 0 Å². The molecule has 0 fully saturated rings. The Hall–Kier alpha value is -0.590. The molecular formula is C9H14O. The topological polar surface area (TPSA) is 17.1 Å². The van der Waals surface area contributed by atoms with Crippen LogP contribution in [-0.2, 0) is 4.79 Å². The second-order valence-corrected chi connectivity index (χ2v) is 3.27. The fraction of sp³-hybridized carbons (Fsp3) is 0.667. The van der Waals surface area contributed by atoms with Crippen molar-refractivity contribution in [2.24, 2.45) is 11.8 Å². The first kappa shape index (κ1) is 7.52. The number of rotatable bonds is 1. The maximum atomic E-state index is 10.7. The van der Waals surface area contributed by atoms with Crippen LogP contribution in [0.3, 0.4) is 0 Å². The number of hydrogen-bond donors (Lipinski definition) is 0. The summed E-state index contributed by atoms with van der Waals surface area (Å²) in [5.74, 6) is 1.61. The van der Waals surface area contributed by atoms with Gasteiger partial charge in [0.15, 0.2) is 5.78 Å². The van der Waals surface area contributed by atoms with Crippen molar-refractivity contribution in [2.45, 2.75) is 26.7 Å². The van der Waals surface area contributed by atoms with Crippen LogP contribution in [0.15, 0.2) is 12.2 Å². The molecule has 0 bridgehead atoms. The molecule has 0 saturated carbocycles. The summed E-state index contributed by atoms with van der Waals surface area (Å²) in [7, 11) is 0. The SMILES string of the molecule is CC(C)[C@@H]1C=CC(=O)CC1. The normalized spacial score (nSPS) is 25.9. The summed E-state index contributed by atoms with van der Waals surface area (Å²) in [6.45, 7) is 4.40. The number of carbonyl (C=O) groups excluding carboxylic acids is 1. The average Bonchev–Trinajstić information content (AvgIpc) is 1.88. The zero-order valence-electron chi connectivity index (χ0n) is 6.63. The molecule has 0 aliphatic heterocycles. The van der Waals surface area contributed by atoms with E-state index < -0.39 is 0 Å². The predicted octanol–water partition coefficient (Wildman–Crippen LogP) is 2.18. The highest BCUT2D eigenvalue weighted by atomic mass is 16.1. The Kier molecular flexibility index (Phi) is 2.25. The first-order valence-electron chi connectivity index (χ1n) is 3.91. The van der Waals surface area contributed by atoms with Gasteiger partial charge in [-0.05, 0) is 24.3 Å².